The Morgan fingerprint density at radius 3 is 2.69 bits per heavy atom. The van der Waals surface area contributed by atoms with Gasteiger partial charge in [0, 0.05) is 19.8 Å². The van der Waals surface area contributed by atoms with E-state index in [2.05, 4.69) is 17.3 Å². The van der Waals surface area contributed by atoms with Crippen LogP contribution in [0.15, 0.2) is 0 Å². The maximum Gasteiger partial charge on any atom is 0.0474 e. The Bertz CT molecular complexity index is 122. The van der Waals surface area contributed by atoms with E-state index in [0.29, 0.717) is 0 Å². The van der Waals surface area contributed by atoms with Crippen molar-refractivity contribution >= 4 is 0 Å². The van der Waals surface area contributed by atoms with Gasteiger partial charge < -0.3 is 15.0 Å². The normalized spacial score (nSPS) is 20.8. The zero-order chi connectivity index (χ0) is 9.52. The molecule has 0 aromatic heterocycles. The minimum Gasteiger partial charge on any atom is -0.385 e. The van der Waals surface area contributed by atoms with Crippen LogP contribution in [-0.2, 0) is 4.74 Å². The molecule has 0 atom stereocenters. The van der Waals surface area contributed by atoms with Crippen LogP contribution in [0.25, 0.3) is 0 Å². The third-order valence-electron chi connectivity index (χ3n) is 2.68. The number of nitrogens with zero attached hydrogens (tertiary/aromatic N) is 1. The fourth-order valence-electron chi connectivity index (χ4n) is 1.74. The smallest absolute Gasteiger partial charge is 0.0474 e. The summed E-state index contributed by atoms with van der Waals surface area (Å²) in [6.07, 6.45) is 3.72. The highest BCUT2D eigenvalue weighted by atomic mass is 16.5. The summed E-state index contributed by atoms with van der Waals surface area (Å²) in [5.74, 6) is 0. The first kappa shape index (κ1) is 11.0. The molecule has 3 heteroatoms. The van der Waals surface area contributed by atoms with Crippen molar-refractivity contribution < 1.29 is 4.74 Å². The minimum absolute atomic E-state index is 0.744. The Hall–Kier alpha value is -0.120. The summed E-state index contributed by atoms with van der Waals surface area (Å²) < 4.78 is 5.00. The Balaban J connectivity index is 1.96. The number of hydrogen-bond acceptors (Lipinski definition) is 3. The lowest BCUT2D eigenvalue weighted by Gasteiger charge is -2.29. The van der Waals surface area contributed by atoms with Crippen molar-refractivity contribution in [1.29, 1.82) is 0 Å². The molecule has 0 amide bonds. The van der Waals surface area contributed by atoms with Gasteiger partial charge in [-0.25, -0.2) is 0 Å². The van der Waals surface area contributed by atoms with Crippen LogP contribution in [-0.4, -0.2) is 51.3 Å². The van der Waals surface area contributed by atoms with Crippen LogP contribution in [0.2, 0.25) is 0 Å². The molecule has 1 fully saturated rings. The van der Waals surface area contributed by atoms with E-state index in [1.54, 1.807) is 7.11 Å². The van der Waals surface area contributed by atoms with Gasteiger partial charge in [0.15, 0.2) is 0 Å². The van der Waals surface area contributed by atoms with Gasteiger partial charge in [0.2, 0.25) is 0 Å². The highest BCUT2D eigenvalue weighted by Gasteiger charge is 2.14. The number of nitrogens with one attached hydrogen (secondary N) is 1. The standard InChI is InChI=1S/C10H22N2O/c1-12-7-4-10(5-8-12)11-6-3-9-13-2/h10-11H,3-9H2,1-2H3. The molecule has 1 aliphatic rings. The fraction of sp³-hybridized carbons (Fsp3) is 1.00. The van der Waals surface area contributed by atoms with Crippen LogP contribution in [0.3, 0.4) is 0 Å². The van der Waals surface area contributed by atoms with Crippen LogP contribution in [0.1, 0.15) is 19.3 Å². The third kappa shape index (κ3) is 4.60. The van der Waals surface area contributed by atoms with Crippen LogP contribution >= 0.6 is 0 Å². The van der Waals surface area contributed by atoms with Crippen molar-refractivity contribution in [3.05, 3.63) is 0 Å². The van der Waals surface area contributed by atoms with Gasteiger partial charge in [-0.15, -0.1) is 0 Å². The average molecular weight is 186 g/mol. The number of rotatable bonds is 5. The lowest BCUT2D eigenvalue weighted by Crippen LogP contribution is -2.41. The van der Waals surface area contributed by atoms with Crippen molar-refractivity contribution in [3.63, 3.8) is 0 Å². The summed E-state index contributed by atoms with van der Waals surface area (Å²) in [6, 6.07) is 0.744. The molecule has 1 rings (SSSR count). The Labute approximate surface area is 81.4 Å². The van der Waals surface area contributed by atoms with Gasteiger partial charge in [0.05, 0.1) is 0 Å². The summed E-state index contributed by atoms with van der Waals surface area (Å²) in [6.45, 7) is 4.45. The molecule has 0 aliphatic carbocycles. The molecular formula is C10H22N2O. The fourth-order valence-corrected chi connectivity index (χ4v) is 1.74. The number of piperidine rings is 1. The van der Waals surface area contributed by atoms with E-state index in [1.807, 2.05) is 0 Å². The highest BCUT2D eigenvalue weighted by Crippen LogP contribution is 2.07. The maximum absolute atomic E-state index is 5.00. The zero-order valence-corrected chi connectivity index (χ0v) is 8.88. The molecule has 1 heterocycles. The number of likely N-dealkylation sites (tertiary alicyclic amines) is 1. The number of methoxy groups -OCH3 is 1. The van der Waals surface area contributed by atoms with Crippen LogP contribution in [0, 0.1) is 0 Å². The van der Waals surface area contributed by atoms with E-state index in [4.69, 9.17) is 4.74 Å². The molecule has 1 saturated heterocycles. The molecule has 0 radical (unpaired) electrons. The molecule has 1 N–H and O–H groups in total. The summed E-state index contributed by atoms with van der Waals surface area (Å²) in [5, 5.41) is 3.57. The van der Waals surface area contributed by atoms with E-state index >= 15 is 0 Å². The molecule has 0 aromatic rings. The van der Waals surface area contributed by atoms with Gasteiger partial charge in [0.1, 0.15) is 0 Å². The minimum atomic E-state index is 0.744. The van der Waals surface area contributed by atoms with Crippen molar-refractivity contribution in [2.45, 2.75) is 25.3 Å². The predicted molar refractivity (Wildman–Crippen MR) is 55.0 cm³/mol. The van der Waals surface area contributed by atoms with Gasteiger partial charge in [-0.3, -0.25) is 0 Å². The molecule has 3 nitrogen and oxygen atoms in total. The zero-order valence-electron chi connectivity index (χ0n) is 8.88. The second kappa shape index (κ2) is 6.35. The summed E-state index contributed by atoms with van der Waals surface area (Å²) in [7, 11) is 3.96. The van der Waals surface area contributed by atoms with Gasteiger partial charge >= 0.3 is 0 Å². The number of ether oxygens (including phenoxy) is 1. The van der Waals surface area contributed by atoms with Gasteiger partial charge in [-0.05, 0) is 45.9 Å². The first-order valence-electron chi connectivity index (χ1n) is 5.24. The second-order valence-electron chi connectivity index (χ2n) is 3.88. The molecule has 0 bridgehead atoms. The van der Waals surface area contributed by atoms with Crippen molar-refractivity contribution in [2.24, 2.45) is 0 Å². The topological polar surface area (TPSA) is 24.5 Å². The molecule has 78 valence electrons. The average Bonchev–Trinajstić information content (AvgIpc) is 2.15. The van der Waals surface area contributed by atoms with Crippen molar-refractivity contribution in [2.75, 3.05) is 40.4 Å². The molecular weight excluding hydrogens is 164 g/mol. The lowest BCUT2D eigenvalue weighted by atomic mass is 10.1. The maximum atomic E-state index is 5.00. The Morgan fingerprint density at radius 2 is 2.08 bits per heavy atom. The lowest BCUT2D eigenvalue weighted by molar-refractivity contribution is 0.188. The van der Waals surface area contributed by atoms with E-state index in [0.717, 1.165) is 25.6 Å². The van der Waals surface area contributed by atoms with E-state index in [1.165, 1.54) is 25.9 Å². The largest absolute Gasteiger partial charge is 0.385 e. The van der Waals surface area contributed by atoms with E-state index in [-0.39, 0.29) is 0 Å². The Morgan fingerprint density at radius 1 is 1.38 bits per heavy atom. The molecule has 13 heavy (non-hydrogen) atoms. The summed E-state index contributed by atoms with van der Waals surface area (Å²) >= 11 is 0. The molecule has 0 aromatic carbocycles. The highest BCUT2D eigenvalue weighted by molar-refractivity contribution is 4.74. The third-order valence-corrected chi connectivity index (χ3v) is 2.68. The summed E-state index contributed by atoms with van der Waals surface area (Å²) in [5.41, 5.74) is 0. The van der Waals surface area contributed by atoms with E-state index < -0.39 is 0 Å². The number of hydrogen-bond donors (Lipinski definition) is 1. The molecule has 0 spiro atoms. The molecule has 0 saturated carbocycles. The quantitative estimate of drug-likeness (QED) is 0.640. The summed E-state index contributed by atoms with van der Waals surface area (Å²) in [4.78, 5) is 2.40. The van der Waals surface area contributed by atoms with Crippen LogP contribution < -0.4 is 5.32 Å². The van der Waals surface area contributed by atoms with Crippen molar-refractivity contribution in [1.82, 2.24) is 10.2 Å². The first-order valence-corrected chi connectivity index (χ1v) is 5.24. The predicted octanol–water partition coefficient (Wildman–Crippen LogP) is 0.707. The van der Waals surface area contributed by atoms with Crippen LogP contribution in [0.4, 0.5) is 0 Å². The first-order chi connectivity index (χ1) is 6.33. The SMILES string of the molecule is COCCCNC1CCN(C)CC1. The van der Waals surface area contributed by atoms with Gasteiger partial charge in [0.25, 0.3) is 0 Å². The Kier molecular flexibility index (Phi) is 5.35. The van der Waals surface area contributed by atoms with Crippen molar-refractivity contribution in [3.8, 4) is 0 Å². The van der Waals surface area contributed by atoms with E-state index in [9.17, 15) is 0 Å². The second-order valence-corrected chi connectivity index (χ2v) is 3.88. The van der Waals surface area contributed by atoms with Crippen LogP contribution in [0.5, 0.6) is 0 Å². The monoisotopic (exact) mass is 186 g/mol. The van der Waals surface area contributed by atoms with Gasteiger partial charge in [-0.2, -0.15) is 0 Å². The molecule has 0 unspecified atom stereocenters. The van der Waals surface area contributed by atoms with Gasteiger partial charge in [-0.1, -0.05) is 0 Å². The molecule has 1 aliphatic heterocycles.